The molecule has 3 rings (SSSR count). The minimum absolute atomic E-state index is 0.0710. The first-order valence-electron chi connectivity index (χ1n) is 9.09. The molecular formula is C19H22N6O4S. The summed E-state index contributed by atoms with van der Waals surface area (Å²) in [4.78, 5) is 37.0. The van der Waals surface area contributed by atoms with Crippen molar-refractivity contribution in [2.75, 3.05) is 18.6 Å². The van der Waals surface area contributed by atoms with Crippen molar-refractivity contribution in [1.29, 1.82) is 0 Å². The van der Waals surface area contributed by atoms with E-state index >= 15 is 0 Å². The highest BCUT2D eigenvalue weighted by atomic mass is 32.2. The Bertz CT molecular complexity index is 1210. The number of hydrogen-bond acceptors (Lipinski definition) is 8. The molecule has 1 aromatic carbocycles. The molecule has 2 N–H and O–H groups in total. The number of hydrogen-bond donors (Lipinski definition) is 1. The fraction of sp³-hybridized carbons (Fsp3) is 0.316. The number of carbonyl (C=O) groups excluding carboxylic acids is 1. The van der Waals surface area contributed by atoms with Crippen LogP contribution in [0.5, 0.6) is 5.75 Å². The molecule has 0 amide bonds. The molecule has 11 heteroatoms. The summed E-state index contributed by atoms with van der Waals surface area (Å²) >= 11 is 1.16. The molecule has 3 aromatic rings. The highest BCUT2D eigenvalue weighted by Gasteiger charge is 2.22. The summed E-state index contributed by atoms with van der Waals surface area (Å²) in [5.41, 5.74) is 5.22. The molecule has 0 saturated heterocycles. The van der Waals surface area contributed by atoms with E-state index in [-0.39, 0.29) is 17.1 Å². The van der Waals surface area contributed by atoms with Crippen molar-refractivity contribution >= 4 is 23.4 Å². The van der Waals surface area contributed by atoms with Crippen molar-refractivity contribution in [2.45, 2.75) is 18.6 Å². The molecule has 0 fully saturated rings. The maximum absolute atomic E-state index is 12.7. The number of methoxy groups -OCH3 is 1. The predicted molar refractivity (Wildman–Crippen MR) is 114 cm³/mol. The Labute approximate surface area is 176 Å². The van der Waals surface area contributed by atoms with E-state index in [1.807, 2.05) is 35.8 Å². The van der Waals surface area contributed by atoms with E-state index in [0.717, 1.165) is 32.2 Å². The molecule has 0 atom stereocenters. The van der Waals surface area contributed by atoms with Gasteiger partial charge in [0.05, 0.1) is 12.9 Å². The van der Waals surface area contributed by atoms with E-state index in [4.69, 9.17) is 10.5 Å². The molecule has 0 radical (unpaired) electrons. The second-order valence-electron chi connectivity index (χ2n) is 6.46. The molecule has 0 unspecified atom stereocenters. The van der Waals surface area contributed by atoms with Crippen LogP contribution >= 0.6 is 11.8 Å². The Kier molecular flexibility index (Phi) is 6.11. The Balaban J connectivity index is 1.87. The van der Waals surface area contributed by atoms with Crippen molar-refractivity contribution in [3.63, 3.8) is 0 Å². The molecule has 0 spiro atoms. The second-order valence-corrected chi connectivity index (χ2v) is 7.40. The van der Waals surface area contributed by atoms with Crippen LogP contribution in [0.2, 0.25) is 0 Å². The number of benzene rings is 1. The van der Waals surface area contributed by atoms with Crippen LogP contribution in [0.15, 0.2) is 39.0 Å². The number of thioether (sulfide) groups is 1. The van der Waals surface area contributed by atoms with Gasteiger partial charge in [0.15, 0.2) is 16.8 Å². The number of rotatable bonds is 7. The summed E-state index contributed by atoms with van der Waals surface area (Å²) < 4.78 is 9.00. The van der Waals surface area contributed by atoms with E-state index < -0.39 is 17.0 Å². The fourth-order valence-electron chi connectivity index (χ4n) is 2.96. The van der Waals surface area contributed by atoms with Gasteiger partial charge in [-0.3, -0.25) is 18.7 Å². The number of nitrogen functional groups attached to an aromatic ring is 1. The van der Waals surface area contributed by atoms with Gasteiger partial charge >= 0.3 is 5.69 Å². The van der Waals surface area contributed by atoms with Crippen molar-refractivity contribution in [2.24, 2.45) is 14.1 Å². The monoisotopic (exact) mass is 430 g/mol. The average Bonchev–Trinajstić information content (AvgIpc) is 3.18. The lowest BCUT2D eigenvalue weighted by Crippen LogP contribution is -2.41. The zero-order chi connectivity index (χ0) is 22.0. The molecule has 0 bridgehead atoms. The molecule has 30 heavy (non-hydrogen) atoms. The third kappa shape index (κ3) is 3.75. The Hall–Kier alpha value is -3.34. The topological polar surface area (TPSA) is 127 Å². The predicted octanol–water partition coefficient (Wildman–Crippen LogP) is 0.928. The summed E-state index contributed by atoms with van der Waals surface area (Å²) in [7, 11) is 4.32. The zero-order valence-corrected chi connectivity index (χ0v) is 17.9. The van der Waals surface area contributed by atoms with Crippen LogP contribution < -0.4 is 21.7 Å². The normalized spacial score (nSPS) is 10.9. The van der Waals surface area contributed by atoms with Crippen LogP contribution in [0.4, 0.5) is 5.82 Å². The summed E-state index contributed by atoms with van der Waals surface area (Å²) in [6.07, 6.45) is 0. The number of nitrogens with zero attached hydrogens (tertiary/aromatic N) is 5. The lowest BCUT2D eigenvalue weighted by atomic mass is 10.2. The largest absolute Gasteiger partial charge is 0.497 e. The minimum atomic E-state index is -0.711. The van der Waals surface area contributed by atoms with Gasteiger partial charge in [-0.1, -0.05) is 11.8 Å². The van der Waals surface area contributed by atoms with Crippen LogP contribution in [0.1, 0.15) is 17.3 Å². The third-order valence-electron chi connectivity index (χ3n) is 4.70. The van der Waals surface area contributed by atoms with Crippen LogP contribution in [0.25, 0.3) is 11.4 Å². The third-order valence-corrected chi connectivity index (χ3v) is 5.67. The van der Waals surface area contributed by atoms with E-state index in [9.17, 15) is 14.4 Å². The van der Waals surface area contributed by atoms with Gasteiger partial charge in [-0.25, -0.2) is 4.79 Å². The van der Waals surface area contributed by atoms with Crippen molar-refractivity contribution in [1.82, 2.24) is 23.9 Å². The molecule has 0 aliphatic rings. The summed E-state index contributed by atoms with van der Waals surface area (Å²) in [6.45, 7) is 2.54. The van der Waals surface area contributed by atoms with Crippen molar-refractivity contribution < 1.29 is 9.53 Å². The zero-order valence-electron chi connectivity index (χ0n) is 17.1. The van der Waals surface area contributed by atoms with Gasteiger partial charge in [0.25, 0.3) is 5.56 Å². The number of ketones is 1. The molecule has 10 nitrogen and oxygen atoms in total. The molecule has 0 aliphatic heterocycles. The van der Waals surface area contributed by atoms with Crippen molar-refractivity contribution in [3.8, 4) is 17.1 Å². The van der Waals surface area contributed by atoms with Gasteiger partial charge in [-0.15, -0.1) is 10.2 Å². The standard InChI is InChI=1S/C19H22N6O4S/c1-5-25-16(11-6-8-12(29-4)9-7-11)21-22-18(25)30-10-13(26)14-15(20)23(2)19(28)24(3)17(14)27/h6-9H,5,10,20H2,1-4H3. The van der Waals surface area contributed by atoms with Gasteiger partial charge in [0, 0.05) is 26.2 Å². The number of anilines is 1. The van der Waals surface area contributed by atoms with E-state index in [1.54, 1.807) is 7.11 Å². The van der Waals surface area contributed by atoms with Crippen LogP contribution in [-0.4, -0.2) is 42.5 Å². The lowest BCUT2D eigenvalue weighted by molar-refractivity contribution is 0.102. The van der Waals surface area contributed by atoms with Gasteiger partial charge < -0.3 is 15.0 Å². The van der Waals surface area contributed by atoms with Crippen LogP contribution in [-0.2, 0) is 20.6 Å². The van der Waals surface area contributed by atoms with E-state index in [2.05, 4.69) is 10.2 Å². The second kappa shape index (κ2) is 8.57. The first-order chi connectivity index (χ1) is 14.3. The SMILES string of the molecule is CCn1c(SCC(=O)c2c(N)n(C)c(=O)n(C)c2=O)nnc1-c1ccc(OC)cc1. The van der Waals surface area contributed by atoms with Crippen LogP contribution in [0, 0.1) is 0 Å². The molecule has 2 heterocycles. The number of aromatic nitrogens is 5. The summed E-state index contributed by atoms with van der Waals surface area (Å²) in [6, 6.07) is 7.42. The van der Waals surface area contributed by atoms with Gasteiger partial charge in [-0.2, -0.15) is 0 Å². The average molecular weight is 430 g/mol. The lowest BCUT2D eigenvalue weighted by Gasteiger charge is -2.11. The van der Waals surface area contributed by atoms with Gasteiger partial charge in [0.2, 0.25) is 0 Å². The highest BCUT2D eigenvalue weighted by molar-refractivity contribution is 7.99. The smallest absolute Gasteiger partial charge is 0.332 e. The van der Waals surface area contributed by atoms with Crippen molar-refractivity contribution in [3.05, 3.63) is 50.7 Å². The number of ether oxygens (including phenoxy) is 1. The molecule has 158 valence electrons. The molecular weight excluding hydrogens is 408 g/mol. The maximum Gasteiger partial charge on any atom is 0.332 e. The molecule has 0 saturated carbocycles. The quantitative estimate of drug-likeness (QED) is 0.433. The first kappa shape index (κ1) is 21.4. The van der Waals surface area contributed by atoms with E-state index in [1.165, 1.54) is 14.1 Å². The fourth-order valence-corrected chi connectivity index (χ4v) is 3.83. The highest BCUT2D eigenvalue weighted by Crippen LogP contribution is 2.26. The molecule has 2 aromatic heterocycles. The number of nitrogens with two attached hydrogens (primary N) is 1. The van der Waals surface area contributed by atoms with Gasteiger partial charge in [0.1, 0.15) is 17.1 Å². The summed E-state index contributed by atoms with van der Waals surface area (Å²) in [5, 5.41) is 8.97. The Morgan fingerprint density at radius 2 is 1.80 bits per heavy atom. The Morgan fingerprint density at radius 3 is 2.40 bits per heavy atom. The minimum Gasteiger partial charge on any atom is -0.497 e. The number of carbonyl (C=O) groups is 1. The number of Topliss-reactive ketones (excluding diaryl/α,β-unsaturated/α-hetero) is 1. The summed E-state index contributed by atoms with van der Waals surface area (Å²) in [5.74, 6) is 0.693. The van der Waals surface area contributed by atoms with Gasteiger partial charge in [-0.05, 0) is 31.2 Å². The maximum atomic E-state index is 12.7. The Morgan fingerprint density at radius 1 is 1.13 bits per heavy atom. The van der Waals surface area contributed by atoms with Crippen LogP contribution in [0.3, 0.4) is 0 Å². The first-order valence-corrected chi connectivity index (χ1v) is 10.1. The van der Waals surface area contributed by atoms with E-state index in [0.29, 0.717) is 17.5 Å². The molecule has 0 aliphatic carbocycles.